The maximum atomic E-state index is 12.5. The number of piperidine rings is 2. The topological polar surface area (TPSA) is 47.1 Å². The standard InChI is InChI=1S/C18H26N2O2.C18H30N2/c1-19(2)12-7-11-17(21)16-10-6-13-20(14-16)18(22)15-8-4-3-5-9-15;1-19(2)13-7-6-11-18-12-8-14-20(16-18)15-17-9-4-3-5-10-17/h3-5,8-9,16H,6-7,10-14H2,1-2H3;3-5,9-10,18H,6-8,11-16H2,1-2H3. The summed E-state index contributed by atoms with van der Waals surface area (Å²) in [5, 5.41) is 0. The molecule has 2 heterocycles. The minimum absolute atomic E-state index is 0.0172. The van der Waals surface area contributed by atoms with Crippen LogP contribution in [0.2, 0.25) is 0 Å². The van der Waals surface area contributed by atoms with E-state index in [0.717, 1.165) is 44.8 Å². The van der Waals surface area contributed by atoms with E-state index in [0.29, 0.717) is 24.3 Å². The van der Waals surface area contributed by atoms with Gasteiger partial charge in [0.25, 0.3) is 5.91 Å². The number of benzene rings is 2. The molecule has 0 bridgehead atoms. The molecule has 0 aliphatic carbocycles. The summed E-state index contributed by atoms with van der Waals surface area (Å²) in [6, 6.07) is 20.2. The molecule has 0 saturated carbocycles. The third kappa shape index (κ3) is 12.8. The lowest BCUT2D eigenvalue weighted by Crippen LogP contribution is -2.42. The summed E-state index contributed by atoms with van der Waals surface area (Å²) < 4.78 is 0. The molecule has 0 N–H and O–H groups in total. The highest BCUT2D eigenvalue weighted by molar-refractivity contribution is 5.94. The molecule has 0 aromatic heterocycles. The minimum atomic E-state index is 0.0172. The van der Waals surface area contributed by atoms with Crippen LogP contribution in [0.15, 0.2) is 60.7 Å². The van der Waals surface area contributed by atoms with Gasteiger partial charge in [-0.3, -0.25) is 14.5 Å². The van der Waals surface area contributed by atoms with Gasteiger partial charge in [0.1, 0.15) is 5.78 Å². The molecule has 2 aliphatic rings. The van der Waals surface area contributed by atoms with Gasteiger partial charge in [-0.15, -0.1) is 0 Å². The van der Waals surface area contributed by atoms with Crippen molar-refractivity contribution >= 4 is 11.7 Å². The summed E-state index contributed by atoms with van der Waals surface area (Å²) in [6.45, 7) is 7.23. The summed E-state index contributed by atoms with van der Waals surface area (Å²) in [4.78, 5) is 33.7. The number of hydrogen-bond acceptors (Lipinski definition) is 5. The van der Waals surface area contributed by atoms with Crippen LogP contribution < -0.4 is 0 Å². The molecule has 6 heteroatoms. The van der Waals surface area contributed by atoms with Crippen molar-refractivity contribution in [3.05, 3.63) is 71.8 Å². The van der Waals surface area contributed by atoms with Gasteiger partial charge in [-0.2, -0.15) is 0 Å². The maximum Gasteiger partial charge on any atom is 0.253 e. The van der Waals surface area contributed by atoms with Crippen LogP contribution in [0, 0.1) is 11.8 Å². The average Bonchev–Trinajstić information content (AvgIpc) is 3.00. The number of carbonyl (C=O) groups excluding carboxylic acids is 2. The van der Waals surface area contributed by atoms with E-state index in [2.05, 4.69) is 59.1 Å². The van der Waals surface area contributed by atoms with Crippen molar-refractivity contribution in [2.45, 2.75) is 64.3 Å². The molecule has 1 amide bonds. The Morgan fingerprint density at radius 1 is 0.762 bits per heavy atom. The van der Waals surface area contributed by atoms with Crippen LogP contribution in [-0.2, 0) is 11.3 Å². The van der Waals surface area contributed by atoms with Crippen LogP contribution in [-0.4, -0.2) is 98.7 Å². The van der Waals surface area contributed by atoms with E-state index in [4.69, 9.17) is 0 Å². The first-order valence-electron chi connectivity index (χ1n) is 16.2. The van der Waals surface area contributed by atoms with Gasteiger partial charge in [0.05, 0.1) is 0 Å². The summed E-state index contributed by atoms with van der Waals surface area (Å²) in [5.41, 5.74) is 2.17. The number of carbonyl (C=O) groups is 2. The van der Waals surface area contributed by atoms with Gasteiger partial charge in [0, 0.05) is 44.1 Å². The number of Topliss-reactive ketones (excluding diaryl/α,β-unsaturated/α-hetero) is 1. The third-order valence-electron chi connectivity index (χ3n) is 8.53. The Morgan fingerprint density at radius 2 is 1.40 bits per heavy atom. The van der Waals surface area contributed by atoms with E-state index >= 15 is 0 Å². The second-order valence-electron chi connectivity index (χ2n) is 12.9. The zero-order chi connectivity index (χ0) is 30.2. The van der Waals surface area contributed by atoms with Crippen molar-refractivity contribution in [3.63, 3.8) is 0 Å². The van der Waals surface area contributed by atoms with Crippen LogP contribution in [0.3, 0.4) is 0 Å². The van der Waals surface area contributed by atoms with Crippen molar-refractivity contribution in [1.29, 1.82) is 0 Å². The van der Waals surface area contributed by atoms with Crippen molar-refractivity contribution in [1.82, 2.24) is 19.6 Å². The highest BCUT2D eigenvalue weighted by Gasteiger charge is 2.28. The van der Waals surface area contributed by atoms with Gasteiger partial charge in [-0.05, 0) is 116 Å². The van der Waals surface area contributed by atoms with Gasteiger partial charge < -0.3 is 14.7 Å². The number of rotatable bonds is 13. The molecule has 0 radical (unpaired) electrons. The van der Waals surface area contributed by atoms with Crippen molar-refractivity contribution in [3.8, 4) is 0 Å². The summed E-state index contributed by atoms with van der Waals surface area (Å²) >= 11 is 0. The molecule has 6 nitrogen and oxygen atoms in total. The molecular formula is C36H56N4O2. The molecule has 232 valence electrons. The van der Waals surface area contributed by atoms with E-state index in [1.165, 1.54) is 57.3 Å². The summed E-state index contributed by atoms with van der Waals surface area (Å²) in [5.74, 6) is 1.30. The van der Waals surface area contributed by atoms with E-state index in [9.17, 15) is 9.59 Å². The molecule has 2 fully saturated rings. The number of hydrogen-bond donors (Lipinski definition) is 0. The predicted octanol–water partition coefficient (Wildman–Crippen LogP) is 6.08. The molecule has 2 aliphatic heterocycles. The largest absolute Gasteiger partial charge is 0.338 e. The molecule has 2 saturated heterocycles. The number of nitrogens with zero attached hydrogens (tertiary/aromatic N) is 4. The first-order valence-corrected chi connectivity index (χ1v) is 16.2. The molecule has 2 atom stereocenters. The Labute approximate surface area is 256 Å². The molecule has 2 unspecified atom stereocenters. The van der Waals surface area contributed by atoms with Gasteiger partial charge in [0.2, 0.25) is 0 Å². The second kappa shape index (κ2) is 18.9. The zero-order valence-electron chi connectivity index (χ0n) is 26.8. The molecule has 2 aromatic carbocycles. The Hall–Kier alpha value is -2.54. The fourth-order valence-corrected chi connectivity index (χ4v) is 6.19. The summed E-state index contributed by atoms with van der Waals surface area (Å²) in [7, 11) is 8.38. The molecule has 2 aromatic rings. The second-order valence-corrected chi connectivity index (χ2v) is 12.9. The minimum Gasteiger partial charge on any atom is -0.338 e. The lowest BCUT2D eigenvalue weighted by atomic mass is 9.91. The van der Waals surface area contributed by atoms with Crippen LogP contribution in [0.25, 0.3) is 0 Å². The highest BCUT2D eigenvalue weighted by Crippen LogP contribution is 2.23. The number of ketones is 1. The molecule has 0 spiro atoms. The third-order valence-corrected chi connectivity index (χ3v) is 8.53. The van der Waals surface area contributed by atoms with E-state index in [1.807, 2.05) is 49.3 Å². The number of unbranched alkanes of at least 4 members (excludes halogenated alkanes) is 1. The van der Waals surface area contributed by atoms with Gasteiger partial charge in [-0.1, -0.05) is 55.0 Å². The van der Waals surface area contributed by atoms with E-state index < -0.39 is 0 Å². The van der Waals surface area contributed by atoms with Crippen LogP contribution in [0.5, 0.6) is 0 Å². The molecular weight excluding hydrogens is 520 g/mol. The Kier molecular flexibility index (Phi) is 15.3. The average molecular weight is 577 g/mol. The van der Waals surface area contributed by atoms with Gasteiger partial charge >= 0.3 is 0 Å². The van der Waals surface area contributed by atoms with Gasteiger partial charge in [0.15, 0.2) is 0 Å². The smallest absolute Gasteiger partial charge is 0.253 e. The Bertz CT molecular complexity index is 1030. The van der Waals surface area contributed by atoms with E-state index in [1.54, 1.807) is 0 Å². The molecule has 42 heavy (non-hydrogen) atoms. The number of amides is 1. The highest BCUT2D eigenvalue weighted by atomic mass is 16.2. The maximum absolute atomic E-state index is 12.5. The fraction of sp³-hybridized carbons (Fsp3) is 0.611. The Morgan fingerprint density at radius 3 is 2.10 bits per heavy atom. The van der Waals surface area contributed by atoms with E-state index in [-0.39, 0.29) is 11.8 Å². The van der Waals surface area contributed by atoms with Crippen molar-refractivity contribution in [2.75, 3.05) is 67.5 Å². The monoisotopic (exact) mass is 576 g/mol. The van der Waals surface area contributed by atoms with Crippen LogP contribution in [0.1, 0.15) is 73.7 Å². The van der Waals surface area contributed by atoms with Gasteiger partial charge in [-0.25, -0.2) is 0 Å². The first-order chi connectivity index (χ1) is 20.3. The van der Waals surface area contributed by atoms with Crippen LogP contribution >= 0.6 is 0 Å². The fourth-order valence-electron chi connectivity index (χ4n) is 6.19. The summed E-state index contributed by atoms with van der Waals surface area (Å²) in [6.07, 6.45) is 10.3. The Balaban J connectivity index is 0.000000231. The lowest BCUT2D eigenvalue weighted by Gasteiger charge is -2.33. The van der Waals surface area contributed by atoms with Crippen molar-refractivity contribution < 1.29 is 9.59 Å². The van der Waals surface area contributed by atoms with Crippen LogP contribution in [0.4, 0.5) is 0 Å². The van der Waals surface area contributed by atoms with Crippen molar-refractivity contribution in [2.24, 2.45) is 11.8 Å². The SMILES string of the molecule is CN(C)CCCC(=O)C1CCCN(C(=O)c2ccccc2)C1.CN(C)CCCCC1CCCN(Cc2ccccc2)C1. The lowest BCUT2D eigenvalue weighted by molar-refractivity contribution is -0.124. The normalized spacial score (nSPS) is 19.4. The zero-order valence-corrected chi connectivity index (χ0v) is 26.8. The quantitative estimate of drug-likeness (QED) is 0.271. The first kappa shape index (κ1) is 34.0. The predicted molar refractivity (Wildman–Crippen MR) is 175 cm³/mol. The molecule has 4 rings (SSSR count). The number of likely N-dealkylation sites (tertiary alicyclic amines) is 2.